The predicted octanol–water partition coefficient (Wildman–Crippen LogP) is 2.37. The van der Waals surface area contributed by atoms with Crippen LogP contribution >= 0.6 is 11.3 Å². The summed E-state index contributed by atoms with van der Waals surface area (Å²) in [5.41, 5.74) is 1.00. The number of hydrogen-bond donors (Lipinski definition) is 0. The van der Waals surface area contributed by atoms with Crippen molar-refractivity contribution in [2.75, 3.05) is 59.5 Å². The standard InChI is InChI=1S/C24H31N3O4S/c1-30-20-7-5-19(6-8-20)16-23(28)26-10-3-9-25(11-12-26)17-21-18-27(13-14-31-21)24(29)22-4-2-15-32-22/h2,4-8,15,21H,3,9-14,16-18H2,1H3/t21-/m0/s1. The number of morpholine rings is 1. The van der Waals surface area contributed by atoms with Crippen LogP contribution in [-0.2, 0) is 16.0 Å². The fourth-order valence-corrected chi connectivity index (χ4v) is 4.98. The monoisotopic (exact) mass is 457 g/mol. The van der Waals surface area contributed by atoms with E-state index in [1.54, 1.807) is 7.11 Å². The molecule has 2 amide bonds. The van der Waals surface area contributed by atoms with Gasteiger partial charge in [0.05, 0.1) is 31.1 Å². The van der Waals surface area contributed by atoms with Gasteiger partial charge in [-0.15, -0.1) is 11.3 Å². The Morgan fingerprint density at radius 2 is 1.91 bits per heavy atom. The molecule has 1 aromatic heterocycles. The van der Waals surface area contributed by atoms with Gasteiger partial charge in [0.1, 0.15) is 5.75 Å². The Balaban J connectivity index is 1.25. The summed E-state index contributed by atoms with van der Waals surface area (Å²) in [6, 6.07) is 11.5. The lowest BCUT2D eigenvalue weighted by Gasteiger charge is -2.35. The normalized spacial score (nSPS) is 20.1. The number of carbonyl (C=O) groups is 2. The van der Waals surface area contributed by atoms with E-state index in [1.807, 2.05) is 51.6 Å². The van der Waals surface area contributed by atoms with Crippen molar-refractivity contribution in [3.63, 3.8) is 0 Å². The van der Waals surface area contributed by atoms with E-state index >= 15 is 0 Å². The average molecular weight is 458 g/mol. The number of carbonyl (C=O) groups excluding carboxylic acids is 2. The van der Waals surface area contributed by atoms with Crippen molar-refractivity contribution in [2.45, 2.75) is 18.9 Å². The molecule has 32 heavy (non-hydrogen) atoms. The van der Waals surface area contributed by atoms with Gasteiger partial charge in [0, 0.05) is 39.3 Å². The maximum atomic E-state index is 12.8. The Morgan fingerprint density at radius 1 is 1.06 bits per heavy atom. The highest BCUT2D eigenvalue weighted by molar-refractivity contribution is 7.12. The summed E-state index contributed by atoms with van der Waals surface area (Å²) < 4.78 is 11.2. The molecule has 0 N–H and O–H groups in total. The zero-order valence-corrected chi connectivity index (χ0v) is 19.4. The number of ether oxygens (including phenoxy) is 2. The van der Waals surface area contributed by atoms with Crippen LogP contribution in [0.15, 0.2) is 41.8 Å². The Morgan fingerprint density at radius 3 is 2.66 bits per heavy atom. The van der Waals surface area contributed by atoms with Crippen LogP contribution in [0.25, 0.3) is 0 Å². The molecule has 0 radical (unpaired) electrons. The zero-order valence-electron chi connectivity index (χ0n) is 18.6. The average Bonchev–Trinajstić information content (AvgIpc) is 3.26. The van der Waals surface area contributed by atoms with E-state index in [1.165, 1.54) is 11.3 Å². The lowest BCUT2D eigenvalue weighted by molar-refractivity contribution is -0.130. The minimum Gasteiger partial charge on any atom is -0.497 e. The highest BCUT2D eigenvalue weighted by Gasteiger charge is 2.28. The lowest BCUT2D eigenvalue weighted by Crippen LogP contribution is -2.50. The van der Waals surface area contributed by atoms with E-state index in [0.717, 1.165) is 55.3 Å². The van der Waals surface area contributed by atoms with Crippen molar-refractivity contribution in [3.8, 4) is 5.75 Å². The van der Waals surface area contributed by atoms with Gasteiger partial charge in [-0.05, 0) is 42.1 Å². The van der Waals surface area contributed by atoms with Crippen LogP contribution in [0.2, 0.25) is 0 Å². The topological polar surface area (TPSA) is 62.3 Å². The lowest BCUT2D eigenvalue weighted by atomic mass is 10.1. The summed E-state index contributed by atoms with van der Waals surface area (Å²) in [5.74, 6) is 1.06. The number of amides is 2. The Bertz CT molecular complexity index is 887. The molecule has 0 bridgehead atoms. The third kappa shape index (κ3) is 5.88. The van der Waals surface area contributed by atoms with Gasteiger partial charge in [-0.3, -0.25) is 14.5 Å². The molecule has 2 fully saturated rings. The van der Waals surface area contributed by atoms with Crippen LogP contribution in [0.1, 0.15) is 21.7 Å². The van der Waals surface area contributed by atoms with Gasteiger partial charge in [-0.25, -0.2) is 0 Å². The van der Waals surface area contributed by atoms with Gasteiger partial charge >= 0.3 is 0 Å². The number of benzene rings is 1. The first-order valence-electron chi connectivity index (χ1n) is 11.2. The minimum absolute atomic E-state index is 0.00853. The van der Waals surface area contributed by atoms with Crippen LogP contribution in [0.3, 0.4) is 0 Å². The van der Waals surface area contributed by atoms with E-state index in [4.69, 9.17) is 9.47 Å². The maximum Gasteiger partial charge on any atom is 0.264 e. The molecule has 0 unspecified atom stereocenters. The van der Waals surface area contributed by atoms with Gasteiger partial charge < -0.3 is 19.3 Å². The fourth-order valence-electron chi connectivity index (χ4n) is 4.29. The zero-order chi connectivity index (χ0) is 22.3. The van der Waals surface area contributed by atoms with E-state index < -0.39 is 0 Å². The van der Waals surface area contributed by atoms with E-state index in [9.17, 15) is 9.59 Å². The second-order valence-electron chi connectivity index (χ2n) is 8.28. The first kappa shape index (κ1) is 22.8. The van der Waals surface area contributed by atoms with Crippen molar-refractivity contribution in [1.29, 1.82) is 0 Å². The maximum absolute atomic E-state index is 12.8. The van der Waals surface area contributed by atoms with Crippen LogP contribution in [0.4, 0.5) is 0 Å². The van der Waals surface area contributed by atoms with Crippen molar-refractivity contribution in [1.82, 2.24) is 14.7 Å². The van der Waals surface area contributed by atoms with E-state index in [0.29, 0.717) is 26.1 Å². The third-order valence-corrected chi connectivity index (χ3v) is 6.93. The predicted molar refractivity (Wildman–Crippen MR) is 124 cm³/mol. The van der Waals surface area contributed by atoms with Crippen molar-refractivity contribution < 1.29 is 19.1 Å². The quantitative estimate of drug-likeness (QED) is 0.667. The molecule has 2 saturated heterocycles. The van der Waals surface area contributed by atoms with Gasteiger partial charge in [0.15, 0.2) is 0 Å². The van der Waals surface area contributed by atoms with Crippen LogP contribution in [-0.4, -0.2) is 92.1 Å². The number of rotatable bonds is 6. The summed E-state index contributed by atoms with van der Waals surface area (Å²) in [4.78, 5) is 32.5. The Kier molecular flexibility index (Phi) is 7.78. The molecule has 2 aliphatic heterocycles. The van der Waals surface area contributed by atoms with Gasteiger partial charge in [0.25, 0.3) is 5.91 Å². The molecule has 1 aromatic carbocycles. The summed E-state index contributed by atoms with van der Waals surface area (Å²) in [6.45, 7) is 5.88. The molecule has 3 heterocycles. The van der Waals surface area contributed by atoms with Gasteiger partial charge in [-0.1, -0.05) is 18.2 Å². The molecule has 0 spiro atoms. The van der Waals surface area contributed by atoms with Gasteiger partial charge in [0.2, 0.25) is 5.91 Å². The Hall–Kier alpha value is -2.42. The summed E-state index contributed by atoms with van der Waals surface area (Å²) in [7, 11) is 1.64. The van der Waals surface area contributed by atoms with Crippen molar-refractivity contribution >= 4 is 23.2 Å². The molecule has 7 nitrogen and oxygen atoms in total. The summed E-state index contributed by atoms with van der Waals surface area (Å²) >= 11 is 1.48. The molecule has 0 aliphatic carbocycles. The Labute approximate surface area is 193 Å². The van der Waals surface area contributed by atoms with E-state index in [2.05, 4.69) is 4.90 Å². The molecule has 1 atom stereocenters. The minimum atomic E-state index is 0.00853. The number of hydrogen-bond acceptors (Lipinski definition) is 6. The molecule has 8 heteroatoms. The van der Waals surface area contributed by atoms with Crippen LogP contribution in [0.5, 0.6) is 5.75 Å². The fraction of sp³-hybridized carbons (Fsp3) is 0.500. The SMILES string of the molecule is COc1ccc(CC(=O)N2CCCN(C[C@H]3CN(C(=O)c4cccs4)CCO3)CC2)cc1. The highest BCUT2D eigenvalue weighted by atomic mass is 32.1. The van der Waals surface area contributed by atoms with Crippen LogP contribution < -0.4 is 4.74 Å². The highest BCUT2D eigenvalue weighted by Crippen LogP contribution is 2.17. The second kappa shape index (κ2) is 10.9. The molecule has 2 aromatic rings. The van der Waals surface area contributed by atoms with Crippen molar-refractivity contribution in [3.05, 3.63) is 52.2 Å². The van der Waals surface area contributed by atoms with E-state index in [-0.39, 0.29) is 17.9 Å². The first-order chi connectivity index (χ1) is 15.6. The molecule has 4 rings (SSSR count). The van der Waals surface area contributed by atoms with Gasteiger partial charge in [-0.2, -0.15) is 0 Å². The smallest absolute Gasteiger partial charge is 0.264 e. The molecular weight excluding hydrogens is 426 g/mol. The second-order valence-corrected chi connectivity index (χ2v) is 9.23. The molecule has 0 saturated carbocycles. The first-order valence-corrected chi connectivity index (χ1v) is 12.1. The molecule has 172 valence electrons. The van der Waals surface area contributed by atoms with Crippen LogP contribution in [0, 0.1) is 0 Å². The largest absolute Gasteiger partial charge is 0.497 e. The third-order valence-electron chi connectivity index (χ3n) is 6.08. The number of methoxy groups -OCH3 is 1. The number of thiophene rings is 1. The molecular formula is C24H31N3O4S. The summed E-state index contributed by atoms with van der Waals surface area (Å²) in [5, 5.41) is 1.93. The number of nitrogens with zero attached hydrogens (tertiary/aromatic N) is 3. The summed E-state index contributed by atoms with van der Waals surface area (Å²) in [6.07, 6.45) is 1.36. The molecule has 2 aliphatic rings. The van der Waals surface area contributed by atoms with Crippen molar-refractivity contribution in [2.24, 2.45) is 0 Å².